The summed E-state index contributed by atoms with van der Waals surface area (Å²) in [6.07, 6.45) is 1.51. The molecule has 166 valence electrons. The van der Waals surface area contributed by atoms with Crippen LogP contribution in [0.3, 0.4) is 0 Å². The average Bonchev–Trinajstić information content (AvgIpc) is 3.32. The molecule has 0 aliphatic carbocycles. The fourth-order valence-corrected chi connectivity index (χ4v) is 3.94. The zero-order valence-electron chi connectivity index (χ0n) is 18.5. The second kappa shape index (κ2) is 9.30. The van der Waals surface area contributed by atoms with Crippen molar-refractivity contribution in [2.24, 2.45) is 0 Å². The minimum atomic E-state index is -0.615. The third-order valence-electron chi connectivity index (χ3n) is 5.96. The molecule has 0 radical (unpaired) electrons. The molecule has 1 aliphatic heterocycles. The molecule has 0 N–H and O–H groups in total. The zero-order chi connectivity index (χ0) is 22.6. The number of carbonyl (C=O) groups is 2. The highest BCUT2D eigenvalue weighted by Gasteiger charge is 2.36. The van der Waals surface area contributed by atoms with E-state index in [1.165, 1.54) is 6.26 Å². The number of furan rings is 1. The Labute approximate surface area is 188 Å². The van der Waals surface area contributed by atoms with Gasteiger partial charge < -0.3 is 19.0 Å². The maximum Gasteiger partial charge on any atom is 0.290 e. The Kier molecular flexibility index (Phi) is 6.30. The standard InChI is InChI=1S/C26H28N2O4/c1-26(2,21-9-5-3-6-10-21)25(30)28-16-14-27(15-17-28)24(29)23-20(13-18-31-23)19-32-22-11-7-4-8-12-22/h3-13,18H,14-17,19H2,1-2H3. The van der Waals surface area contributed by atoms with Gasteiger partial charge in [0.15, 0.2) is 5.76 Å². The third kappa shape index (κ3) is 4.54. The number of ether oxygens (including phenoxy) is 1. The highest BCUT2D eigenvalue weighted by Crippen LogP contribution is 2.26. The Balaban J connectivity index is 1.36. The van der Waals surface area contributed by atoms with Crippen molar-refractivity contribution in [2.75, 3.05) is 26.2 Å². The molecule has 1 aliphatic rings. The SMILES string of the molecule is CC(C)(C(=O)N1CCN(C(=O)c2occc2COc2ccccc2)CC1)c1ccccc1. The van der Waals surface area contributed by atoms with Gasteiger partial charge in [0, 0.05) is 31.7 Å². The number of hydrogen-bond donors (Lipinski definition) is 0. The highest BCUT2D eigenvalue weighted by atomic mass is 16.5. The van der Waals surface area contributed by atoms with Crippen molar-refractivity contribution in [2.45, 2.75) is 25.9 Å². The molecule has 6 heteroatoms. The van der Waals surface area contributed by atoms with E-state index in [0.29, 0.717) is 37.5 Å². The van der Waals surface area contributed by atoms with Crippen LogP contribution in [0.4, 0.5) is 0 Å². The summed E-state index contributed by atoms with van der Waals surface area (Å²) in [6.45, 7) is 6.08. The second-order valence-electron chi connectivity index (χ2n) is 8.45. The van der Waals surface area contributed by atoms with Gasteiger partial charge in [0.1, 0.15) is 12.4 Å². The molecule has 3 aromatic rings. The van der Waals surface area contributed by atoms with Crippen molar-refractivity contribution in [1.29, 1.82) is 0 Å². The van der Waals surface area contributed by atoms with Crippen molar-refractivity contribution in [3.05, 3.63) is 89.9 Å². The van der Waals surface area contributed by atoms with Crippen molar-refractivity contribution >= 4 is 11.8 Å². The lowest BCUT2D eigenvalue weighted by Gasteiger charge is -2.38. The number of hydrogen-bond acceptors (Lipinski definition) is 4. The minimum absolute atomic E-state index is 0.0748. The van der Waals surface area contributed by atoms with E-state index in [-0.39, 0.29) is 18.4 Å². The van der Waals surface area contributed by atoms with E-state index in [4.69, 9.17) is 9.15 Å². The van der Waals surface area contributed by atoms with Gasteiger partial charge in [-0.3, -0.25) is 9.59 Å². The molecule has 6 nitrogen and oxygen atoms in total. The number of nitrogens with zero attached hydrogens (tertiary/aromatic N) is 2. The molecule has 1 aromatic heterocycles. The van der Waals surface area contributed by atoms with Gasteiger partial charge in [0.2, 0.25) is 5.91 Å². The van der Waals surface area contributed by atoms with E-state index in [0.717, 1.165) is 11.3 Å². The molecule has 0 bridgehead atoms. The van der Waals surface area contributed by atoms with Gasteiger partial charge in [-0.15, -0.1) is 0 Å². The van der Waals surface area contributed by atoms with Crippen LogP contribution in [0.5, 0.6) is 5.75 Å². The lowest BCUT2D eigenvalue weighted by Crippen LogP contribution is -2.54. The van der Waals surface area contributed by atoms with Crippen LogP contribution in [-0.2, 0) is 16.8 Å². The molecular formula is C26H28N2O4. The Morgan fingerprint density at radius 3 is 2.12 bits per heavy atom. The van der Waals surface area contributed by atoms with Gasteiger partial charge >= 0.3 is 0 Å². The second-order valence-corrected chi connectivity index (χ2v) is 8.45. The van der Waals surface area contributed by atoms with Gasteiger partial charge in [-0.2, -0.15) is 0 Å². The number of rotatable bonds is 6. The topological polar surface area (TPSA) is 63.0 Å². The van der Waals surface area contributed by atoms with E-state index < -0.39 is 5.41 Å². The van der Waals surface area contributed by atoms with Gasteiger partial charge in [0.05, 0.1) is 11.7 Å². The number of benzene rings is 2. The highest BCUT2D eigenvalue weighted by molar-refractivity contribution is 5.93. The van der Waals surface area contributed by atoms with E-state index in [1.54, 1.807) is 11.0 Å². The van der Waals surface area contributed by atoms with Crippen LogP contribution in [0.1, 0.15) is 35.5 Å². The first-order valence-electron chi connectivity index (χ1n) is 10.8. The molecule has 0 atom stereocenters. The Hall–Kier alpha value is -3.54. The van der Waals surface area contributed by atoms with Crippen molar-refractivity contribution in [3.63, 3.8) is 0 Å². The molecule has 4 rings (SSSR count). The quantitative estimate of drug-likeness (QED) is 0.588. The number of piperazine rings is 1. The third-order valence-corrected chi connectivity index (χ3v) is 5.96. The van der Waals surface area contributed by atoms with Crippen molar-refractivity contribution < 1.29 is 18.7 Å². The maximum absolute atomic E-state index is 13.2. The molecule has 1 saturated heterocycles. The normalized spacial score (nSPS) is 14.3. The zero-order valence-corrected chi connectivity index (χ0v) is 18.5. The predicted octanol–water partition coefficient (Wildman–Crippen LogP) is 4.12. The van der Waals surface area contributed by atoms with Crippen molar-refractivity contribution in [3.8, 4) is 5.75 Å². The van der Waals surface area contributed by atoms with Crippen LogP contribution in [-0.4, -0.2) is 47.8 Å². The summed E-state index contributed by atoms with van der Waals surface area (Å²) in [6, 6.07) is 21.0. The van der Waals surface area contributed by atoms with Gasteiger partial charge in [-0.1, -0.05) is 48.5 Å². The van der Waals surface area contributed by atoms with Crippen LogP contribution >= 0.6 is 0 Å². The summed E-state index contributed by atoms with van der Waals surface area (Å²) in [5.74, 6) is 0.937. The lowest BCUT2D eigenvalue weighted by molar-refractivity contribution is -0.137. The number of amides is 2. The van der Waals surface area contributed by atoms with Crippen LogP contribution in [0, 0.1) is 0 Å². The minimum Gasteiger partial charge on any atom is -0.489 e. The summed E-state index contributed by atoms with van der Waals surface area (Å²) >= 11 is 0. The molecular weight excluding hydrogens is 404 g/mol. The maximum atomic E-state index is 13.2. The largest absolute Gasteiger partial charge is 0.489 e. The van der Waals surface area contributed by atoms with Crippen LogP contribution in [0.15, 0.2) is 77.4 Å². The molecule has 2 heterocycles. The molecule has 0 saturated carbocycles. The number of para-hydroxylation sites is 1. The summed E-state index contributed by atoms with van der Waals surface area (Å²) in [7, 11) is 0. The first kappa shape index (κ1) is 21.7. The summed E-state index contributed by atoms with van der Waals surface area (Å²) in [5.41, 5.74) is 1.08. The average molecular weight is 433 g/mol. The first-order valence-corrected chi connectivity index (χ1v) is 10.8. The van der Waals surface area contributed by atoms with E-state index in [9.17, 15) is 9.59 Å². The Morgan fingerprint density at radius 1 is 0.875 bits per heavy atom. The molecule has 1 fully saturated rings. The van der Waals surface area contributed by atoms with E-state index in [1.807, 2.05) is 79.4 Å². The number of carbonyl (C=O) groups excluding carboxylic acids is 2. The lowest BCUT2D eigenvalue weighted by atomic mass is 9.83. The van der Waals surface area contributed by atoms with Gasteiger partial charge in [-0.05, 0) is 37.6 Å². The molecule has 32 heavy (non-hydrogen) atoms. The molecule has 0 unspecified atom stereocenters. The van der Waals surface area contributed by atoms with Gasteiger partial charge in [0.25, 0.3) is 5.91 Å². The summed E-state index contributed by atoms with van der Waals surface area (Å²) < 4.78 is 11.3. The van der Waals surface area contributed by atoms with Crippen molar-refractivity contribution in [1.82, 2.24) is 9.80 Å². The summed E-state index contributed by atoms with van der Waals surface area (Å²) in [5, 5.41) is 0. The monoisotopic (exact) mass is 432 g/mol. The fraction of sp³-hybridized carbons (Fsp3) is 0.308. The van der Waals surface area contributed by atoms with Crippen LogP contribution in [0.2, 0.25) is 0 Å². The van der Waals surface area contributed by atoms with E-state index in [2.05, 4.69) is 0 Å². The fourth-order valence-electron chi connectivity index (χ4n) is 3.94. The Morgan fingerprint density at radius 2 is 1.47 bits per heavy atom. The summed E-state index contributed by atoms with van der Waals surface area (Å²) in [4.78, 5) is 29.8. The first-order chi connectivity index (χ1) is 15.5. The van der Waals surface area contributed by atoms with Gasteiger partial charge in [-0.25, -0.2) is 0 Å². The molecule has 2 amide bonds. The Bertz CT molecular complexity index is 1050. The molecule has 0 spiro atoms. The van der Waals surface area contributed by atoms with E-state index >= 15 is 0 Å². The predicted molar refractivity (Wildman–Crippen MR) is 121 cm³/mol. The molecule has 2 aromatic carbocycles. The van der Waals surface area contributed by atoms with Crippen LogP contribution in [0.25, 0.3) is 0 Å². The van der Waals surface area contributed by atoms with Crippen LogP contribution < -0.4 is 4.74 Å². The smallest absolute Gasteiger partial charge is 0.290 e.